The summed E-state index contributed by atoms with van der Waals surface area (Å²) in [5.74, 6) is 0.0182. The smallest absolute Gasteiger partial charge is 0.254 e. The number of aromatic nitrogens is 1. The molecule has 18 heavy (non-hydrogen) atoms. The van der Waals surface area contributed by atoms with Crippen LogP contribution in [0.1, 0.15) is 21.6 Å². The zero-order valence-corrected chi connectivity index (χ0v) is 10.4. The number of rotatable bonds is 1. The number of carbonyl (C=O) groups excluding carboxylic acids is 1. The molecule has 3 nitrogen and oxygen atoms in total. The second-order valence-electron chi connectivity index (χ2n) is 4.28. The Balaban J connectivity index is 1.82. The van der Waals surface area contributed by atoms with Crippen LogP contribution in [0.4, 0.5) is 0 Å². The lowest BCUT2D eigenvalue weighted by Gasteiger charge is -2.14. The van der Waals surface area contributed by atoms with Gasteiger partial charge in [-0.3, -0.25) is 9.78 Å². The molecule has 0 radical (unpaired) electrons. The van der Waals surface area contributed by atoms with Crippen LogP contribution in [-0.2, 0) is 13.1 Å². The Kier molecular flexibility index (Phi) is 2.76. The fourth-order valence-corrected chi connectivity index (χ4v) is 2.24. The number of hydrogen-bond acceptors (Lipinski definition) is 2. The average Bonchev–Trinajstić information content (AvgIpc) is 2.82. The Labute approximate surface area is 110 Å². The van der Waals surface area contributed by atoms with Crippen molar-refractivity contribution in [1.29, 1.82) is 0 Å². The van der Waals surface area contributed by atoms with E-state index in [1.165, 1.54) is 0 Å². The van der Waals surface area contributed by atoms with Crippen LogP contribution in [0.3, 0.4) is 0 Å². The molecule has 1 amide bonds. The second kappa shape index (κ2) is 4.42. The number of halogens is 1. The summed E-state index contributed by atoms with van der Waals surface area (Å²) >= 11 is 5.81. The molecule has 4 heteroatoms. The first kappa shape index (κ1) is 11.2. The Morgan fingerprint density at radius 2 is 1.94 bits per heavy atom. The molecule has 2 heterocycles. The van der Waals surface area contributed by atoms with E-state index in [2.05, 4.69) is 4.98 Å². The van der Waals surface area contributed by atoms with Gasteiger partial charge in [-0.15, -0.1) is 0 Å². The van der Waals surface area contributed by atoms with Crippen LogP contribution >= 0.6 is 11.6 Å². The fourth-order valence-electron chi connectivity index (χ4n) is 2.12. The molecule has 3 rings (SSSR count). The topological polar surface area (TPSA) is 33.2 Å². The zero-order valence-electron chi connectivity index (χ0n) is 9.64. The van der Waals surface area contributed by atoms with Gasteiger partial charge in [0.1, 0.15) is 0 Å². The molecular weight excluding hydrogens is 248 g/mol. The highest BCUT2D eigenvalue weighted by Crippen LogP contribution is 2.22. The van der Waals surface area contributed by atoms with Crippen LogP contribution in [0.2, 0.25) is 5.02 Å². The number of nitrogens with zero attached hydrogens (tertiary/aromatic N) is 2. The Bertz CT molecular complexity index is 570. The third kappa shape index (κ3) is 1.97. The largest absolute Gasteiger partial charge is 0.328 e. The van der Waals surface area contributed by atoms with Crippen molar-refractivity contribution < 1.29 is 4.79 Å². The Morgan fingerprint density at radius 3 is 2.67 bits per heavy atom. The monoisotopic (exact) mass is 258 g/mol. The van der Waals surface area contributed by atoms with Crippen molar-refractivity contribution in [2.45, 2.75) is 13.1 Å². The predicted molar refractivity (Wildman–Crippen MR) is 69.3 cm³/mol. The number of hydrogen-bond donors (Lipinski definition) is 0. The lowest BCUT2D eigenvalue weighted by molar-refractivity contribution is 0.0750. The van der Waals surface area contributed by atoms with Gasteiger partial charge in [-0.25, -0.2) is 0 Å². The lowest BCUT2D eigenvalue weighted by atomic mass is 10.2. The van der Waals surface area contributed by atoms with E-state index in [4.69, 9.17) is 11.6 Å². The van der Waals surface area contributed by atoms with E-state index < -0.39 is 0 Å². The number of pyridine rings is 1. The standard InChI is InChI=1S/C14H11ClN2O/c15-12-5-3-10(4-6-12)14(18)17-8-11-2-1-7-16-13(11)9-17/h1-7H,8-9H2. The van der Waals surface area contributed by atoms with E-state index in [0.717, 1.165) is 11.3 Å². The fraction of sp³-hybridized carbons (Fsp3) is 0.143. The van der Waals surface area contributed by atoms with Crippen molar-refractivity contribution in [3.8, 4) is 0 Å². The first-order valence-electron chi connectivity index (χ1n) is 5.71. The predicted octanol–water partition coefficient (Wildman–Crippen LogP) is 2.89. The lowest BCUT2D eigenvalue weighted by Crippen LogP contribution is -2.25. The van der Waals surface area contributed by atoms with Crippen LogP contribution in [0.5, 0.6) is 0 Å². The van der Waals surface area contributed by atoms with Gasteiger partial charge in [0.15, 0.2) is 0 Å². The quantitative estimate of drug-likeness (QED) is 0.788. The highest BCUT2D eigenvalue weighted by atomic mass is 35.5. The van der Waals surface area contributed by atoms with Crippen molar-refractivity contribution in [2.24, 2.45) is 0 Å². The summed E-state index contributed by atoms with van der Waals surface area (Å²) in [5.41, 5.74) is 2.77. The molecule has 1 aromatic heterocycles. The average molecular weight is 259 g/mol. The molecule has 1 aliphatic heterocycles. The van der Waals surface area contributed by atoms with Crippen LogP contribution in [-0.4, -0.2) is 15.8 Å². The summed E-state index contributed by atoms with van der Waals surface area (Å²) in [6, 6.07) is 10.9. The van der Waals surface area contributed by atoms with E-state index >= 15 is 0 Å². The molecule has 0 spiro atoms. The van der Waals surface area contributed by atoms with Gasteiger partial charge in [-0.05, 0) is 35.9 Å². The van der Waals surface area contributed by atoms with Crippen molar-refractivity contribution >= 4 is 17.5 Å². The molecular formula is C14H11ClN2O. The Morgan fingerprint density at radius 1 is 1.17 bits per heavy atom. The molecule has 0 atom stereocenters. The molecule has 1 aromatic carbocycles. The summed E-state index contributed by atoms with van der Waals surface area (Å²) in [4.78, 5) is 18.4. The van der Waals surface area contributed by atoms with E-state index in [1.54, 1.807) is 35.4 Å². The van der Waals surface area contributed by atoms with Gasteiger partial charge >= 0.3 is 0 Å². The van der Waals surface area contributed by atoms with Gasteiger partial charge in [0.05, 0.1) is 12.2 Å². The van der Waals surface area contributed by atoms with E-state index in [1.807, 2.05) is 12.1 Å². The second-order valence-corrected chi connectivity index (χ2v) is 4.71. The van der Waals surface area contributed by atoms with Crippen molar-refractivity contribution in [2.75, 3.05) is 0 Å². The van der Waals surface area contributed by atoms with Gasteiger partial charge < -0.3 is 4.90 Å². The molecule has 90 valence electrons. The SMILES string of the molecule is O=C(c1ccc(Cl)cc1)N1Cc2cccnc2C1. The number of fused-ring (bicyclic) bond motifs is 1. The number of carbonyl (C=O) groups is 1. The van der Waals surface area contributed by atoms with E-state index in [-0.39, 0.29) is 5.91 Å². The summed E-state index contributed by atoms with van der Waals surface area (Å²) in [6.07, 6.45) is 1.76. The molecule has 0 aliphatic carbocycles. The molecule has 1 aliphatic rings. The molecule has 0 unspecified atom stereocenters. The van der Waals surface area contributed by atoms with E-state index in [0.29, 0.717) is 23.7 Å². The van der Waals surface area contributed by atoms with Crippen molar-refractivity contribution in [3.05, 3.63) is 64.4 Å². The molecule has 2 aromatic rings. The molecule has 0 fully saturated rings. The van der Waals surface area contributed by atoms with Crippen LogP contribution in [0, 0.1) is 0 Å². The molecule has 0 N–H and O–H groups in total. The summed E-state index contributed by atoms with van der Waals surface area (Å²) < 4.78 is 0. The van der Waals surface area contributed by atoms with Gasteiger partial charge in [-0.2, -0.15) is 0 Å². The minimum atomic E-state index is 0.0182. The first-order chi connectivity index (χ1) is 8.74. The van der Waals surface area contributed by atoms with Gasteiger partial charge in [0, 0.05) is 23.3 Å². The summed E-state index contributed by atoms with van der Waals surface area (Å²) in [6.45, 7) is 1.21. The van der Waals surface area contributed by atoms with Crippen molar-refractivity contribution in [1.82, 2.24) is 9.88 Å². The minimum absolute atomic E-state index is 0.0182. The van der Waals surface area contributed by atoms with Crippen LogP contribution in [0.25, 0.3) is 0 Å². The minimum Gasteiger partial charge on any atom is -0.328 e. The third-order valence-corrected chi connectivity index (χ3v) is 3.32. The maximum Gasteiger partial charge on any atom is 0.254 e. The molecule has 0 saturated carbocycles. The van der Waals surface area contributed by atoms with Gasteiger partial charge in [0.2, 0.25) is 0 Å². The maximum atomic E-state index is 12.3. The molecule has 0 saturated heterocycles. The van der Waals surface area contributed by atoms with Gasteiger partial charge in [-0.1, -0.05) is 17.7 Å². The normalized spacial score (nSPS) is 13.5. The van der Waals surface area contributed by atoms with Crippen molar-refractivity contribution in [3.63, 3.8) is 0 Å². The summed E-state index contributed by atoms with van der Waals surface area (Å²) in [7, 11) is 0. The number of benzene rings is 1. The first-order valence-corrected chi connectivity index (χ1v) is 6.09. The maximum absolute atomic E-state index is 12.3. The molecule has 0 bridgehead atoms. The number of amides is 1. The highest BCUT2D eigenvalue weighted by Gasteiger charge is 2.24. The van der Waals surface area contributed by atoms with E-state index in [9.17, 15) is 4.79 Å². The summed E-state index contributed by atoms with van der Waals surface area (Å²) in [5, 5.41) is 0.637. The third-order valence-electron chi connectivity index (χ3n) is 3.06. The van der Waals surface area contributed by atoms with Gasteiger partial charge in [0.25, 0.3) is 5.91 Å². The van der Waals surface area contributed by atoms with Crippen LogP contribution < -0.4 is 0 Å². The zero-order chi connectivity index (χ0) is 12.5. The Hall–Kier alpha value is -1.87. The van der Waals surface area contributed by atoms with Crippen LogP contribution in [0.15, 0.2) is 42.6 Å². The highest BCUT2D eigenvalue weighted by molar-refractivity contribution is 6.30.